The minimum Gasteiger partial charge on any atom is -0.481 e. The predicted molar refractivity (Wildman–Crippen MR) is 117 cm³/mol. The number of benzene rings is 1. The van der Waals surface area contributed by atoms with Crippen LogP contribution in [-0.4, -0.2) is 29.1 Å². The van der Waals surface area contributed by atoms with E-state index in [1.54, 1.807) is 37.4 Å². The zero-order valence-corrected chi connectivity index (χ0v) is 18.4. The normalized spacial score (nSPS) is 18.8. The molecule has 0 unspecified atom stereocenters. The van der Waals surface area contributed by atoms with Crippen LogP contribution in [0, 0.1) is 11.8 Å². The van der Waals surface area contributed by atoms with Gasteiger partial charge in [0.2, 0.25) is 5.91 Å². The fraction of sp³-hybridized carbons (Fsp3) is 0.409. The van der Waals surface area contributed by atoms with Crippen LogP contribution in [0.4, 0.5) is 5.00 Å². The Hall–Kier alpha value is -2.38. The van der Waals surface area contributed by atoms with E-state index in [0.717, 1.165) is 12.8 Å². The molecule has 1 fully saturated rings. The van der Waals surface area contributed by atoms with Crippen LogP contribution < -0.4 is 5.32 Å². The van der Waals surface area contributed by atoms with Crippen molar-refractivity contribution in [2.45, 2.75) is 45.6 Å². The largest absolute Gasteiger partial charge is 0.481 e. The van der Waals surface area contributed by atoms with Crippen LogP contribution in [0.3, 0.4) is 0 Å². The number of thiophene rings is 1. The number of hydrogen-bond donors (Lipinski definition) is 2. The minimum absolute atomic E-state index is 0.234. The molecule has 6 nitrogen and oxygen atoms in total. The van der Waals surface area contributed by atoms with Crippen molar-refractivity contribution in [3.63, 3.8) is 0 Å². The number of carboxylic acids is 1. The van der Waals surface area contributed by atoms with E-state index in [0.29, 0.717) is 34.0 Å². The summed E-state index contributed by atoms with van der Waals surface area (Å²) in [4.78, 5) is 37.4. The molecule has 0 aliphatic heterocycles. The summed E-state index contributed by atoms with van der Waals surface area (Å²) in [5.74, 6) is -3.25. The first kappa shape index (κ1) is 22.3. The van der Waals surface area contributed by atoms with Gasteiger partial charge in [-0.25, -0.2) is 4.79 Å². The molecule has 3 rings (SSSR count). The molecule has 1 aromatic carbocycles. The smallest absolute Gasteiger partial charge is 0.342 e. The molecular weight excluding hydrogens is 426 g/mol. The number of nitrogens with one attached hydrogen (secondary N) is 1. The number of hydrogen-bond acceptors (Lipinski definition) is 5. The summed E-state index contributed by atoms with van der Waals surface area (Å²) in [6.07, 6.45) is 2.25. The average molecular weight is 450 g/mol. The van der Waals surface area contributed by atoms with Crippen molar-refractivity contribution in [2.75, 3.05) is 5.32 Å². The summed E-state index contributed by atoms with van der Waals surface area (Å²) in [5.41, 5.74) is 1.47. The number of carboxylic acid groups (broad SMARTS) is 1. The number of amides is 1. The Bertz CT molecular complexity index is 955. The van der Waals surface area contributed by atoms with Crippen LogP contribution in [0.1, 0.15) is 49.9 Å². The van der Waals surface area contributed by atoms with E-state index in [1.165, 1.54) is 11.3 Å². The SMILES string of the molecule is CC(C)OC(=O)c1c(-c2ccccc2Cl)csc1NC(=O)[C@@H]1CCCC[C@H]1C(=O)O. The van der Waals surface area contributed by atoms with Gasteiger partial charge in [0, 0.05) is 21.5 Å². The number of aliphatic carboxylic acids is 1. The van der Waals surface area contributed by atoms with Crippen LogP contribution in [0.2, 0.25) is 5.02 Å². The highest BCUT2D eigenvalue weighted by Gasteiger charge is 2.36. The summed E-state index contributed by atoms with van der Waals surface area (Å²) in [6.45, 7) is 3.49. The van der Waals surface area contributed by atoms with Crippen molar-refractivity contribution in [3.8, 4) is 11.1 Å². The maximum atomic E-state index is 12.9. The Balaban J connectivity index is 1.96. The lowest BCUT2D eigenvalue weighted by Crippen LogP contribution is -2.36. The highest BCUT2D eigenvalue weighted by atomic mass is 35.5. The van der Waals surface area contributed by atoms with Gasteiger partial charge < -0.3 is 15.2 Å². The number of halogens is 1. The molecule has 0 bridgehead atoms. The van der Waals surface area contributed by atoms with Crippen molar-refractivity contribution in [1.29, 1.82) is 0 Å². The molecule has 1 aromatic heterocycles. The zero-order valence-electron chi connectivity index (χ0n) is 16.8. The molecule has 2 N–H and O–H groups in total. The highest BCUT2D eigenvalue weighted by Crippen LogP contribution is 2.40. The van der Waals surface area contributed by atoms with E-state index in [-0.39, 0.29) is 17.6 Å². The topological polar surface area (TPSA) is 92.7 Å². The summed E-state index contributed by atoms with van der Waals surface area (Å²) < 4.78 is 5.40. The molecule has 1 aliphatic carbocycles. The molecule has 0 radical (unpaired) electrons. The lowest BCUT2D eigenvalue weighted by atomic mass is 9.79. The standard InChI is InChI=1S/C22H24ClNO5S/c1-12(2)29-22(28)18-16(13-7-5-6-10-17(13)23)11-30-20(18)24-19(25)14-8-3-4-9-15(14)21(26)27/h5-7,10-12,14-15H,3-4,8-9H2,1-2H3,(H,24,25)(H,26,27)/t14-,15-/m1/s1. The van der Waals surface area contributed by atoms with Gasteiger partial charge in [-0.3, -0.25) is 9.59 Å². The van der Waals surface area contributed by atoms with Gasteiger partial charge in [-0.15, -0.1) is 11.3 Å². The van der Waals surface area contributed by atoms with Gasteiger partial charge in [-0.05, 0) is 32.8 Å². The summed E-state index contributed by atoms with van der Waals surface area (Å²) in [7, 11) is 0. The van der Waals surface area contributed by atoms with Gasteiger partial charge in [0.05, 0.1) is 17.9 Å². The second-order valence-electron chi connectivity index (χ2n) is 7.61. The maximum Gasteiger partial charge on any atom is 0.342 e. The van der Waals surface area contributed by atoms with E-state index < -0.39 is 23.8 Å². The summed E-state index contributed by atoms with van der Waals surface area (Å²) >= 11 is 7.53. The van der Waals surface area contributed by atoms with E-state index in [9.17, 15) is 19.5 Å². The first-order valence-electron chi connectivity index (χ1n) is 9.90. The van der Waals surface area contributed by atoms with Gasteiger partial charge in [-0.1, -0.05) is 42.6 Å². The van der Waals surface area contributed by atoms with E-state index >= 15 is 0 Å². The molecule has 1 amide bonds. The van der Waals surface area contributed by atoms with Gasteiger partial charge >= 0.3 is 11.9 Å². The molecule has 8 heteroatoms. The third-order valence-electron chi connectivity index (χ3n) is 5.16. The van der Waals surface area contributed by atoms with Crippen molar-refractivity contribution in [2.24, 2.45) is 11.8 Å². The maximum absolute atomic E-state index is 12.9. The predicted octanol–water partition coefficient (Wildman–Crippen LogP) is 5.46. The second kappa shape index (κ2) is 9.62. The van der Waals surface area contributed by atoms with Crippen LogP contribution >= 0.6 is 22.9 Å². The quantitative estimate of drug-likeness (QED) is 0.571. The first-order chi connectivity index (χ1) is 14.3. The van der Waals surface area contributed by atoms with E-state index in [4.69, 9.17) is 16.3 Å². The molecule has 2 aromatic rings. The van der Waals surface area contributed by atoms with Crippen molar-refractivity contribution in [1.82, 2.24) is 0 Å². The van der Waals surface area contributed by atoms with Gasteiger partial charge in [0.25, 0.3) is 0 Å². The first-order valence-corrected chi connectivity index (χ1v) is 11.2. The molecule has 0 saturated heterocycles. The van der Waals surface area contributed by atoms with Gasteiger partial charge in [0.15, 0.2) is 0 Å². The molecular formula is C22H24ClNO5S. The van der Waals surface area contributed by atoms with Crippen LogP contribution in [0.15, 0.2) is 29.6 Å². The molecule has 1 aliphatic rings. The van der Waals surface area contributed by atoms with Crippen molar-refractivity contribution >= 4 is 45.8 Å². The number of ether oxygens (including phenoxy) is 1. The van der Waals surface area contributed by atoms with Crippen molar-refractivity contribution < 1.29 is 24.2 Å². The molecule has 30 heavy (non-hydrogen) atoms. The third-order valence-corrected chi connectivity index (χ3v) is 6.38. The Morgan fingerprint density at radius 1 is 1.13 bits per heavy atom. The lowest BCUT2D eigenvalue weighted by Gasteiger charge is -2.27. The second-order valence-corrected chi connectivity index (χ2v) is 8.90. The third kappa shape index (κ3) is 4.84. The van der Waals surface area contributed by atoms with E-state index in [2.05, 4.69) is 5.32 Å². The molecule has 1 saturated carbocycles. The molecule has 0 spiro atoms. The number of rotatable bonds is 6. The highest BCUT2D eigenvalue weighted by molar-refractivity contribution is 7.15. The zero-order chi connectivity index (χ0) is 21.8. The molecule has 160 valence electrons. The summed E-state index contributed by atoms with van der Waals surface area (Å²) in [5, 5.41) is 14.9. The average Bonchev–Trinajstić information content (AvgIpc) is 3.11. The van der Waals surface area contributed by atoms with Gasteiger partial charge in [-0.2, -0.15) is 0 Å². The van der Waals surface area contributed by atoms with Crippen molar-refractivity contribution in [3.05, 3.63) is 40.2 Å². The van der Waals surface area contributed by atoms with Crippen LogP contribution in [0.5, 0.6) is 0 Å². The Labute approximate surface area is 184 Å². The molecule has 2 atom stereocenters. The lowest BCUT2D eigenvalue weighted by molar-refractivity contribution is -0.147. The fourth-order valence-corrected chi connectivity index (χ4v) is 4.94. The Morgan fingerprint density at radius 3 is 2.43 bits per heavy atom. The number of carbonyl (C=O) groups is 3. The Morgan fingerprint density at radius 2 is 1.80 bits per heavy atom. The monoisotopic (exact) mass is 449 g/mol. The number of carbonyl (C=O) groups excluding carboxylic acids is 2. The summed E-state index contributed by atoms with van der Waals surface area (Å²) in [6, 6.07) is 7.13. The Kier molecular flexibility index (Phi) is 7.15. The van der Waals surface area contributed by atoms with Gasteiger partial charge in [0.1, 0.15) is 10.6 Å². The number of anilines is 1. The van der Waals surface area contributed by atoms with E-state index in [1.807, 2.05) is 6.07 Å². The molecule has 1 heterocycles. The van der Waals surface area contributed by atoms with Crippen LogP contribution in [0.25, 0.3) is 11.1 Å². The minimum atomic E-state index is -0.961. The van der Waals surface area contributed by atoms with Crippen LogP contribution in [-0.2, 0) is 14.3 Å². The number of esters is 1. The fourth-order valence-electron chi connectivity index (χ4n) is 3.75.